The average molecular weight is 412 g/mol. The first-order valence-electron chi connectivity index (χ1n) is 4.71. The van der Waals surface area contributed by atoms with E-state index in [2.05, 4.69) is 37.2 Å². The Labute approximate surface area is 129 Å². The lowest BCUT2D eigenvalue weighted by Crippen LogP contribution is -2.17. The van der Waals surface area contributed by atoms with Crippen molar-refractivity contribution in [1.82, 2.24) is 0 Å². The molecule has 0 unspecified atom stereocenters. The van der Waals surface area contributed by atoms with Crippen molar-refractivity contribution in [2.75, 3.05) is 11.1 Å². The molecule has 1 rings (SSSR count). The van der Waals surface area contributed by atoms with Crippen LogP contribution in [-0.4, -0.2) is 21.8 Å². The Morgan fingerprint density at radius 2 is 2.00 bits per heavy atom. The third-order valence-electron chi connectivity index (χ3n) is 1.86. The number of rotatable bonds is 4. The maximum absolute atomic E-state index is 11.6. The van der Waals surface area contributed by atoms with Crippen LogP contribution in [0.1, 0.15) is 0 Å². The van der Waals surface area contributed by atoms with E-state index < -0.39 is 4.92 Å². The number of non-ortho nitro benzene ring substituents is 1. The van der Waals surface area contributed by atoms with Crippen LogP contribution < -0.4 is 11.1 Å². The summed E-state index contributed by atoms with van der Waals surface area (Å²) in [5.74, 6) is -0.374. The van der Waals surface area contributed by atoms with E-state index >= 15 is 0 Å². The van der Waals surface area contributed by atoms with Crippen molar-refractivity contribution >= 4 is 66.1 Å². The number of nitrogens with two attached hydrogens (primary N) is 1. The number of hydrogen-bond donors (Lipinski definition) is 3. The minimum Gasteiger partial charge on any atom is -0.379 e. The minimum atomic E-state index is -0.535. The summed E-state index contributed by atoms with van der Waals surface area (Å²) in [6.07, 6.45) is 0. The van der Waals surface area contributed by atoms with Gasteiger partial charge in [0, 0.05) is 21.1 Å². The van der Waals surface area contributed by atoms with Gasteiger partial charge in [-0.2, -0.15) is 0 Å². The maximum Gasteiger partial charge on any atom is 0.271 e. The summed E-state index contributed by atoms with van der Waals surface area (Å²) in [6.45, 7) is 0. The number of carbonyl (C=O) groups is 1. The molecule has 0 saturated carbocycles. The zero-order chi connectivity index (χ0) is 14.6. The van der Waals surface area contributed by atoms with Crippen molar-refractivity contribution in [2.24, 2.45) is 5.73 Å². The zero-order valence-corrected chi connectivity index (χ0v) is 13.3. The summed E-state index contributed by atoms with van der Waals surface area (Å²) in [5.41, 5.74) is 5.41. The Bertz CT molecular complexity index is 529. The van der Waals surface area contributed by atoms with Crippen LogP contribution in [0, 0.1) is 15.5 Å². The predicted molar refractivity (Wildman–Crippen MR) is 81.5 cm³/mol. The van der Waals surface area contributed by atoms with Gasteiger partial charge in [0.05, 0.1) is 16.4 Å². The topological polar surface area (TPSA) is 122 Å². The van der Waals surface area contributed by atoms with Crippen LogP contribution in [0.2, 0.25) is 0 Å². The number of nitrogens with one attached hydrogen (secondary N) is 2. The lowest BCUT2D eigenvalue weighted by Gasteiger charge is -2.09. The Morgan fingerprint density at radius 3 is 2.42 bits per heavy atom. The first-order valence-corrected chi connectivity index (χ1v) is 7.28. The van der Waals surface area contributed by atoms with Gasteiger partial charge in [0.2, 0.25) is 5.91 Å². The molecule has 1 amide bonds. The molecule has 102 valence electrons. The fraction of sp³-hybridized carbons (Fsp3) is 0.111. The van der Waals surface area contributed by atoms with E-state index in [1.54, 1.807) is 0 Å². The van der Waals surface area contributed by atoms with Gasteiger partial charge in [-0.1, -0.05) is 11.8 Å². The molecule has 4 N–H and O–H groups in total. The van der Waals surface area contributed by atoms with E-state index in [0.29, 0.717) is 14.6 Å². The number of nitrogens with zero attached hydrogens (tertiary/aromatic N) is 1. The molecule has 1 aromatic rings. The van der Waals surface area contributed by atoms with Crippen LogP contribution in [0.5, 0.6) is 0 Å². The van der Waals surface area contributed by atoms with Crippen LogP contribution in [0.4, 0.5) is 11.4 Å². The first-order chi connectivity index (χ1) is 8.81. The number of hydrogen-bond acceptors (Lipinski definition) is 5. The number of benzene rings is 1. The number of nitro groups is 1. The largest absolute Gasteiger partial charge is 0.379 e. The van der Waals surface area contributed by atoms with Gasteiger partial charge in [-0.3, -0.25) is 20.3 Å². The molecule has 0 aliphatic carbocycles. The lowest BCUT2D eigenvalue weighted by atomic mass is 10.3. The quantitative estimate of drug-likeness (QED) is 0.304. The molecule has 0 radical (unpaired) electrons. The molecule has 0 aliphatic heterocycles. The normalized spacial score (nSPS) is 10.0. The SMILES string of the molecule is N=C(N)SCC(=O)Nc1c(Br)cc([N+](=O)[O-])cc1Br. The third-order valence-corrected chi connectivity index (χ3v) is 3.83. The van der Waals surface area contributed by atoms with Crippen molar-refractivity contribution in [2.45, 2.75) is 0 Å². The van der Waals surface area contributed by atoms with Gasteiger partial charge in [-0.25, -0.2) is 0 Å². The molecule has 10 heteroatoms. The second-order valence-electron chi connectivity index (χ2n) is 3.24. The van der Waals surface area contributed by atoms with Gasteiger partial charge >= 0.3 is 0 Å². The van der Waals surface area contributed by atoms with Crippen LogP contribution in [0.3, 0.4) is 0 Å². The summed E-state index contributed by atoms with van der Waals surface area (Å²) >= 11 is 7.19. The molecular formula is C9H8Br2N4O3S. The second-order valence-corrected chi connectivity index (χ2v) is 5.97. The molecule has 0 aliphatic rings. The highest BCUT2D eigenvalue weighted by Crippen LogP contribution is 2.35. The molecule has 0 heterocycles. The first kappa shape index (κ1) is 15.9. The van der Waals surface area contributed by atoms with Crippen LogP contribution in [0.15, 0.2) is 21.1 Å². The Morgan fingerprint density at radius 1 is 1.47 bits per heavy atom. The highest BCUT2D eigenvalue weighted by atomic mass is 79.9. The van der Waals surface area contributed by atoms with E-state index in [4.69, 9.17) is 11.1 Å². The molecule has 7 nitrogen and oxygen atoms in total. The van der Waals surface area contributed by atoms with Crippen LogP contribution >= 0.6 is 43.6 Å². The van der Waals surface area contributed by atoms with Gasteiger partial charge in [-0.15, -0.1) is 0 Å². The second kappa shape index (κ2) is 6.87. The fourth-order valence-corrected chi connectivity index (χ4v) is 2.82. The summed E-state index contributed by atoms with van der Waals surface area (Å²) < 4.78 is 0.768. The Balaban J connectivity index is 2.87. The summed E-state index contributed by atoms with van der Waals surface area (Å²) in [5, 5.41) is 20.1. The number of carbonyl (C=O) groups excluding carboxylic acids is 1. The molecule has 0 saturated heterocycles. The molecular weight excluding hydrogens is 404 g/mol. The summed E-state index contributed by atoms with van der Waals surface area (Å²) in [4.78, 5) is 21.7. The average Bonchev–Trinajstić information content (AvgIpc) is 2.30. The van der Waals surface area contributed by atoms with Gasteiger partial charge in [-0.05, 0) is 31.9 Å². The lowest BCUT2D eigenvalue weighted by molar-refractivity contribution is -0.385. The molecule has 0 bridgehead atoms. The van der Waals surface area contributed by atoms with Gasteiger partial charge < -0.3 is 11.1 Å². The summed E-state index contributed by atoms with van der Waals surface area (Å²) in [7, 11) is 0. The van der Waals surface area contributed by atoms with Crippen molar-refractivity contribution in [3.63, 3.8) is 0 Å². The molecule has 0 spiro atoms. The standard InChI is InChI=1S/C9H8Br2N4O3S/c10-5-1-4(15(17)18)2-6(11)8(5)14-7(16)3-19-9(12)13/h1-2H,3H2,(H3,12,13)(H,14,16). The monoisotopic (exact) mass is 410 g/mol. The number of amides is 1. The van der Waals surface area contributed by atoms with Gasteiger partial charge in [0.25, 0.3) is 5.69 Å². The number of thioether (sulfide) groups is 1. The van der Waals surface area contributed by atoms with Crippen molar-refractivity contribution in [3.8, 4) is 0 Å². The van der Waals surface area contributed by atoms with E-state index in [1.807, 2.05) is 0 Å². The highest BCUT2D eigenvalue weighted by molar-refractivity contribution is 9.11. The number of halogens is 2. The molecule has 1 aromatic carbocycles. The minimum absolute atomic E-state index is 0.00873. The van der Waals surface area contributed by atoms with Crippen molar-refractivity contribution in [1.29, 1.82) is 5.41 Å². The Kier molecular flexibility index (Phi) is 5.76. The molecule has 0 aromatic heterocycles. The number of anilines is 1. The predicted octanol–water partition coefficient (Wildman–Crippen LogP) is 2.68. The molecule has 0 atom stereocenters. The summed E-state index contributed by atoms with van der Waals surface area (Å²) in [6, 6.07) is 2.58. The number of amidine groups is 1. The van der Waals surface area contributed by atoms with Gasteiger partial charge in [0.15, 0.2) is 5.17 Å². The Hall–Kier alpha value is -1.13. The van der Waals surface area contributed by atoms with Crippen molar-refractivity contribution in [3.05, 3.63) is 31.2 Å². The van der Waals surface area contributed by atoms with E-state index in [0.717, 1.165) is 11.8 Å². The molecule has 19 heavy (non-hydrogen) atoms. The highest BCUT2D eigenvalue weighted by Gasteiger charge is 2.15. The fourth-order valence-electron chi connectivity index (χ4n) is 1.10. The van der Waals surface area contributed by atoms with Crippen LogP contribution in [-0.2, 0) is 4.79 Å². The maximum atomic E-state index is 11.6. The third kappa shape index (κ3) is 4.80. The number of nitro benzene ring substituents is 1. The zero-order valence-electron chi connectivity index (χ0n) is 9.28. The van der Waals surface area contributed by atoms with E-state index in [-0.39, 0.29) is 22.5 Å². The van der Waals surface area contributed by atoms with Crippen molar-refractivity contribution < 1.29 is 9.72 Å². The van der Waals surface area contributed by atoms with Crippen LogP contribution in [0.25, 0.3) is 0 Å². The van der Waals surface area contributed by atoms with E-state index in [1.165, 1.54) is 12.1 Å². The molecule has 0 fully saturated rings. The van der Waals surface area contributed by atoms with E-state index in [9.17, 15) is 14.9 Å². The smallest absolute Gasteiger partial charge is 0.271 e. The van der Waals surface area contributed by atoms with Gasteiger partial charge in [0.1, 0.15) is 0 Å².